The second kappa shape index (κ2) is 5.73. The van der Waals surface area contributed by atoms with Crippen LogP contribution in [0.5, 0.6) is 0 Å². The van der Waals surface area contributed by atoms with Crippen LogP contribution in [0, 0.1) is 11.6 Å². The third kappa shape index (κ3) is 3.24. The molecule has 0 radical (unpaired) electrons. The largest absolute Gasteiger partial charge is 0.393 e. The summed E-state index contributed by atoms with van der Waals surface area (Å²) in [7, 11) is -2.83. The molecule has 0 aliphatic carbocycles. The summed E-state index contributed by atoms with van der Waals surface area (Å²) in [5.74, 6) is -2.60. The second-order valence-electron chi connectivity index (χ2n) is 4.02. The van der Waals surface area contributed by atoms with Crippen molar-refractivity contribution in [1.82, 2.24) is 4.31 Å². The van der Waals surface area contributed by atoms with Crippen LogP contribution in [0.4, 0.5) is 8.78 Å². The predicted octanol–water partition coefficient (Wildman–Crippen LogP) is 1.36. The fraction of sp³-hybridized carbons (Fsp3) is 0.455. The molecule has 0 aliphatic rings. The minimum absolute atomic E-state index is 0.0238. The molecule has 0 fully saturated rings. The van der Waals surface area contributed by atoms with Gasteiger partial charge in [0.1, 0.15) is 4.90 Å². The molecule has 7 heteroatoms. The normalized spacial score (nSPS) is 13.9. The van der Waals surface area contributed by atoms with Crippen LogP contribution in [0.15, 0.2) is 23.1 Å². The molecular formula is C11H15F2NO3S. The van der Waals surface area contributed by atoms with Crippen molar-refractivity contribution in [3.05, 3.63) is 29.8 Å². The van der Waals surface area contributed by atoms with E-state index in [0.29, 0.717) is 0 Å². The molecular weight excluding hydrogens is 264 g/mol. The van der Waals surface area contributed by atoms with E-state index >= 15 is 0 Å². The second-order valence-corrected chi connectivity index (χ2v) is 6.03. The summed E-state index contributed by atoms with van der Waals surface area (Å²) in [5.41, 5.74) is 0. The number of hydrogen-bond acceptors (Lipinski definition) is 3. The van der Waals surface area contributed by atoms with E-state index in [0.717, 1.165) is 22.5 Å². The van der Waals surface area contributed by atoms with Gasteiger partial charge in [-0.05, 0) is 25.5 Å². The molecule has 1 rings (SSSR count). The van der Waals surface area contributed by atoms with Crippen LogP contribution < -0.4 is 0 Å². The molecule has 1 aromatic rings. The molecule has 4 nitrogen and oxygen atoms in total. The van der Waals surface area contributed by atoms with Crippen molar-refractivity contribution in [3.63, 3.8) is 0 Å². The Kier molecular flexibility index (Phi) is 4.78. The number of halogens is 2. The summed E-state index contributed by atoms with van der Waals surface area (Å²) in [6.45, 7) is 1.54. The van der Waals surface area contributed by atoms with E-state index in [1.165, 1.54) is 14.0 Å². The zero-order valence-electron chi connectivity index (χ0n) is 10.1. The summed E-state index contributed by atoms with van der Waals surface area (Å²) in [6.07, 6.45) is -0.452. The Labute approximate surface area is 105 Å². The van der Waals surface area contributed by atoms with Crippen LogP contribution in [-0.2, 0) is 10.0 Å². The van der Waals surface area contributed by atoms with Gasteiger partial charge in [-0.25, -0.2) is 21.5 Å². The molecule has 0 aromatic heterocycles. The van der Waals surface area contributed by atoms with E-state index < -0.39 is 32.7 Å². The first kappa shape index (κ1) is 15.0. The van der Waals surface area contributed by atoms with Crippen LogP contribution in [0.25, 0.3) is 0 Å². The number of rotatable bonds is 5. The third-order valence-electron chi connectivity index (χ3n) is 2.47. The summed E-state index contributed by atoms with van der Waals surface area (Å²) in [4.78, 5) is -0.699. The quantitative estimate of drug-likeness (QED) is 0.885. The minimum Gasteiger partial charge on any atom is -0.393 e. The van der Waals surface area contributed by atoms with Gasteiger partial charge in [-0.2, -0.15) is 0 Å². The first-order chi connectivity index (χ1) is 8.26. The molecule has 0 aliphatic heterocycles. The Morgan fingerprint density at radius 2 is 2.00 bits per heavy atom. The zero-order valence-corrected chi connectivity index (χ0v) is 10.9. The zero-order chi connectivity index (χ0) is 13.9. The summed E-state index contributed by atoms with van der Waals surface area (Å²) < 4.78 is 51.2. The van der Waals surface area contributed by atoms with Crippen LogP contribution in [0.2, 0.25) is 0 Å². The number of benzene rings is 1. The smallest absolute Gasteiger partial charge is 0.245 e. The molecule has 0 spiro atoms. The number of aliphatic hydroxyl groups is 1. The summed E-state index contributed by atoms with van der Waals surface area (Å²) in [5, 5.41) is 9.08. The van der Waals surface area contributed by atoms with Crippen molar-refractivity contribution in [3.8, 4) is 0 Å². The van der Waals surface area contributed by atoms with E-state index in [1.54, 1.807) is 0 Å². The van der Waals surface area contributed by atoms with Crippen LogP contribution >= 0.6 is 0 Å². The lowest BCUT2D eigenvalue weighted by Crippen LogP contribution is -2.30. The minimum atomic E-state index is -4.08. The van der Waals surface area contributed by atoms with Crippen molar-refractivity contribution < 1.29 is 22.3 Å². The highest BCUT2D eigenvalue weighted by Gasteiger charge is 2.25. The molecule has 0 saturated heterocycles. The highest BCUT2D eigenvalue weighted by atomic mass is 32.2. The molecule has 1 atom stereocenters. The maximum atomic E-state index is 13.4. The third-order valence-corrected chi connectivity index (χ3v) is 4.34. The Hall–Kier alpha value is -1.05. The molecule has 0 bridgehead atoms. The van der Waals surface area contributed by atoms with Crippen LogP contribution in [0.3, 0.4) is 0 Å². The highest BCUT2D eigenvalue weighted by molar-refractivity contribution is 7.89. The van der Waals surface area contributed by atoms with Gasteiger partial charge in [0.25, 0.3) is 0 Å². The number of sulfonamides is 1. The standard InChI is InChI=1S/C11H15F2NO3S/c1-8(15)6-7-14(2)18(16,17)10-5-3-4-9(12)11(10)13/h3-5,8,15H,6-7H2,1-2H3. The van der Waals surface area contributed by atoms with E-state index in [-0.39, 0.29) is 13.0 Å². The van der Waals surface area contributed by atoms with Crippen molar-refractivity contribution in [2.75, 3.05) is 13.6 Å². The maximum absolute atomic E-state index is 13.4. The van der Waals surface area contributed by atoms with Gasteiger partial charge < -0.3 is 5.11 Å². The first-order valence-electron chi connectivity index (χ1n) is 5.35. The van der Waals surface area contributed by atoms with Gasteiger partial charge in [0.2, 0.25) is 10.0 Å². The highest BCUT2D eigenvalue weighted by Crippen LogP contribution is 2.20. The van der Waals surface area contributed by atoms with Crippen molar-refractivity contribution in [2.45, 2.75) is 24.3 Å². The van der Waals surface area contributed by atoms with E-state index in [1.807, 2.05) is 0 Å². The average Bonchev–Trinajstić information content (AvgIpc) is 2.29. The average molecular weight is 279 g/mol. The first-order valence-corrected chi connectivity index (χ1v) is 6.79. The van der Waals surface area contributed by atoms with Crippen molar-refractivity contribution in [1.29, 1.82) is 0 Å². The monoisotopic (exact) mass is 279 g/mol. The Morgan fingerprint density at radius 1 is 1.39 bits per heavy atom. The fourth-order valence-corrected chi connectivity index (χ4v) is 2.60. The predicted molar refractivity (Wildman–Crippen MR) is 62.5 cm³/mol. The van der Waals surface area contributed by atoms with Gasteiger partial charge >= 0.3 is 0 Å². The summed E-state index contributed by atoms with van der Waals surface area (Å²) >= 11 is 0. The summed E-state index contributed by atoms with van der Waals surface area (Å²) in [6, 6.07) is 2.99. The van der Waals surface area contributed by atoms with Gasteiger partial charge in [-0.3, -0.25) is 0 Å². The topological polar surface area (TPSA) is 57.6 Å². The Bertz CT molecular complexity index is 517. The fourth-order valence-electron chi connectivity index (χ4n) is 1.34. The molecule has 0 saturated carbocycles. The molecule has 1 unspecified atom stereocenters. The van der Waals surface area contributed by atoms with Crippen molar-refractivity contribution >= 4 is 10.0 Å². The molecule has 0 amide bonds. The van der Waals surface area contributed by atoms with Gasteiger partial charge in [-0.1, -0.05) is 6.07 Å². The van der Waals surface area contributed by atoms with Gasteiger partial charge in [0.05, 0.1) is 6.10 Å². The van der Waals surface area contributed by atoms with Crippen LogP contribution in [0.1, 0.15) is 13.3 Å². The van der Waals surface area contributed by atoms with Gasteiger partial charge in [-0.15, -0.1) is 0 Å². The number of aliphatic hydroxyl groups excluding tert-OH is 1. The lowest BCUT2D eigenvalue weighted by molar-refractivity contribution is 0.177. The Balaban J connectivity index is 3.02. The molecule has 102 valence electrons. The number of hydrogen-bond donors (Lipinski definition) is 1. The molecule has 1 N–H and O–H groups in total. The van der Waals surface area contributed by atoms with Gasteiger partial charge in [0.15, 0.2) is 11.6 Å². The molecule has 18 heavy (non-hydrogen) atoms. The molecule has 0 heterocycles. The number of nitrogens with zero attached hydrogens (tertiary/aromatic N) is 1. The Morgan fingerprint density at radius 3 is 2.56 bits per heavy atom. The lowest BCUT2D eigenvalue weighted by atomic mass is 10.3. The van der Waals surface area contributed by atoms with E-state index in [9.17, 15) is 17.2 Å². The van der Waals surface area contributed by atoms with E-state index in [2.05, 4.69) is 0 Å². The van der Waals surface area contributed by atoms with Crippen LogP contribution in [-0.4, -0.2) is 37.5 Å². The van der Waals surface area contributed by atoms with Gasteiger partial charge in [0, 0.05) is 13.6 Å². The maximum Gasteiger partial charge on any atom is 0.245 e. The van der Waals surface area contributed by atoms with E-state index in [4.69, 9.17) is 5.11 Å². The molecule has 1 aromatic carbocycles. The van der Waals surface area contributed by atoms with Crippen molar-refractivity contribution in [2.24, 2.45) is 0 Å². The SMILES string of the molecule is CC(O)CCN(C)S(=O)(=O)c1cccc(F)c1F. The lowest BCUT2D eigenvalue weighted by Gasteiger charge is -2.18.